The van der Waals surface area contributed by atoms with Gasteiger partial charge in [0.2, 0.25) is 0 Å². The van der Waals surface area contributed by atoms with E-state index >= 15 is 0 Å². The maximum atomic E-state index is 4.74. The maximum Gasteiger partial charge on any atom is 0.252 e. The predicted octanol–water partition coefficient (Wildman–Crippen LogP) is 13.3. The predicted molar refractivity (Wildman–Crippen MR) is 345 cm³/mol. The average molecular weight is 1060 g/mol. The van der Waals surface area contributed by atoms with Crippen LogP contribution in [0.4, 0.5) is 45.5 Å². The second kappa shape index (κ2) is 21.7. The van der Waals surface area contributed by atoms with Crippen LogP contribution < -0.4 is 53.2 Å². The van der Waals surface area contributed by atoms with Gasteiger partial charge in [-0.2, -0.15) is 0 Å². The Morgan fingerprint density at radius 3 is 1.04 bits per heavy atom. The Morgan fingerprint density at radius 1 is 0.293 bits per heavy atom. The Kier molecular flexibility index (Phi) is 13.6. The van der Waals surface area contributed by atoms with Crippen LogP contribution in [0.15, 0.2) is 267 Å². The summed E-state index contributed by atoms with van der Waals surface area (Å²) in [6.07, 6.45) is 7.44. The highest BCUT2D eigenvalue weighted by Gasteiger charge is 2.43. The van der Waals surface area contributed by atoms with Gasteiger partial charge in [0.1, 0.15) is 0 Å². The molecule has 0 saturated carbocycles. The zero-order valence-corrected chi connectivity index (χ0v) is 43.7. The zero-order valence-electron chi connectivity index (χ0n) is 43.7. The normalized spacial score (nSPS) is 12.4. The number of pyridine rings is 4. The number of fused-ring (bicyclic) bond motifs is 8. The van der Waals surface area contributed by atoms with Crippen LogP contribution in [0.25, 0.3) is 45.0 Å². The van der Waals surface area contributed by atoms with Crippen molar-refractivity contribution < 1.29 is 0 Å². The minimum Gasteiger partial charge on any atom is -0.356 e. The Balaban J connectivity index is 0.000000159. The lowest BCUT2D eigenvalue weighted by Gasteiger charge is -2.44. The van der Waals surface area contributed by atoms with Crippen molar-refractivity contribution >= 4 is 91.7 Å². The molecule has 0 radical (unpaired) electrons. The van der Waals surface area contributed by atoms with Crippen LogP contribution in [0, 0.1) is 0 Å². The second-order valence-electron chi connectivity index (χ2n) is 20.7. The average Bonchev–Trinajstić information content (AvgIpc) is 1.22. The topological polar surface area (TPSA) is 82.1 Å². The molecule has 0 fully saturated rings. The largest absolute Gasteiger partial charge is 0.356 e. The van der Waals surface area contributed by atoms with E-state index < -0.39 is 0 Å². The molecule has 4 aliphatic rings. The molecule has 0 amide bonds. The van der Waals surface area contributed by atoms with Crippen molar-refractivity contribution in [2.45, 2.75) is 27.9 Å². The molecule has 4 aliphatic heterocycles. The Bertz CT molecular complexity index is 4000. The number of hydrogen-bond acceptors (Lipinski definition) is 8. The van der Waals surface area contributed by atoms with Gasteiger partial charge in [-0.15, -0.1) is 0 Å². The number of benzene rings is 8. The van der Waals surface area contributed by atoms with Crippen molar-refractivity contribution in [1.29, 1.82) is 0 Å². The minimum atomic E-state index is 0. The summed E-state index contributed by atoms with van der Waals surface area (Å²) in [5.74, 6) is 0. The lowest BCUT2D eigenvalue weighted by atomic mass is 9.33. The van der Waals surface area contributed by atoms with E-state index in [-0.39, 0.29) is 28.3 Å². The summed E-state index contributed by atoms with van der Waals surface area (Å²) in [7, 11) is 0. The van der Waals surface area contributed by atoms with E-state index in [1.54, 1.807) is 0 Å². The fourth-order valence-electron chi connectivity index (χ4n) is 12.4. The molecule has 392 valence electrons. The summed E-state index contributed by atoms with van der Waals surface area (Å²) in [5, 5.41) is 7.33. The third-order valence-corrected chi connectivity index (χ3v) is 16.1. The third kappa shape index (κ3) is 9.14. The van der Waals surface area contributed by atoms with Gasteiger partial charge in [0.15, 0.2) is 0 Å². The second-order valence-corrected chi connectivity index (χ2v) is 20.7. The Morgan fingerprint density at radius 2 is 0.646 bits per heavy atom. The van der Waals surface area contributed by atoms with E-state index in [0.717, 1.165) is 80.9 Å². The number of nitrogens with one attached hydrogen (secondary N) is 2. The number of hydrogen-bond donors (Lipinski definition) is 2. The van der Waals surface area contributed by atoms with E-state index in [1.807, 2.05) is 61.2 Å². The van der Waals surface area contributed by atoms with Crippen LogP contribution in [0.5, 0.6) is 0 Å². The smallest absolute Gasteiger partial charge is 0.252 e. The van der Waals surface area contributed by atoms with Gasteiger partial charge in [-0.1, -0.05) is 160 Å². The summed E-state index contributed by atoms with van der Waals surface area (Å²) in [6.45, 7) is 1.72. The van der Waals surface area contributed by atoms with Gasteiger partial charge >= 0.3 is 0 Å². The molecule has 10 heteroatoms. The van der Waals surface area contributed by atoms with Crippen LogP contribution in [0.1, 0.15) is 26.0 Å². The number of aromatic nitrogens is 4. The van der Waals surface area contributed by atoms with E-state index in [4.69, 9.17) is 9.97 Å². The first-order chi connectivity index (χ1) is 39.7. The van der Waals surface area contributed by atoms with E-state index in [2.05, 4.69) is 237 Å². The number of rotatable bonds is 8. The maximum absolute atomic E-state index is 4.74. The lowest BCUT2D eigenvalue weighted by molar-refractivity contribution is 0.961. The first-order valence-electron chi connectivity index (χ1n) is 27.3. The summed E-state index contributed by atoms with van der Waals surface area (Å²) in [5.41, 5.74) is 28.3. The van der Waals surface area contributed by atoms with Gasteiger partial charge in [-0.3, -0.25) is 19.9 Å². The summed E-state index contributed by atoms with van der Waals surface area (Å²) in [4.78, 5) is 23.7. The van der Waals surface area contributed by atoms with E-state index in [9.17, 15) is 0 Å². The lowest BCUT2D eigenvalue weighted by Crippen LogP contribution is -2.62. The van der Waals surface area contributed by atoms with Gasteiger partial charge in [-0.05, 0) is 163 Å². The molecule has 12 aromatic rings. The minimum absolute atomic E-state index is 0. The zero-order chi connectivity index (χ0) is 52.9. The van der Waals surface area contributed by atoms with Crippen molar-refractivity contribution in [3.05, 3.63) is 279 Å². The van der Waals surface area contributed by atoms with Gasteiger partial charge in [-0.25, -0.2) is 0 Å². The van der Waals surface area contributed by atoms with Gasteiger partial charge in [0.25, 0.3) is 13.4 Å². The molecule has 8 aromatic carbocycles. The molecule has 0 aliphatic carbocycles. The highest BCUT2D eigenvalue weighted by Crippen LogP contribution is 2.41. The molecule has 0 atom stereocenters. The standard InChI is InChI=1S/C42H31BN4.C28H19BN4.2CH4/c1-3-12-30(13-4-1)28-46-38-22-20-32(36-16-7-9-24-44-36)26-34(38)43-35-27-33(37-17-8-10-25-45-37)21-23-39(35)47(29-31-14-5-2-6-15-31)41-19-11-18-40(46)42(41)43;1-3-14-30-22(6-1)18-10-12-24-20(16-18)29-21-17-19(23-7-2-4-15-31-23)11-13-25(21)33-27-9-5-8-26(32-24)28(27)29;;/h1-27H,28-29H2;1-17,32-33H;2*1H4. The molecule has 8 heterocycles. The van der Waals surface area contributed by atoms with Crippen LogP contribution in [-0.4, -0.2) is 33.4 Å². The highest BCUT2D eigenvalue weighted by molar-refractivity contribution is 7.01. The third-order valence-electron chi connectivity index (χ3n) is 16.1. The van der Waals surface area contributed by atoms with Crippen molar-refractivity contribution in [1.82, 2.24) is 19.9 Å². The monoisotopic (exact) mass is 1060 g/mol. The molecule has 82 heavy (non-hydrogen) atoms. The molecule has 0 saturated heterocycles. The van der Waals surface area contributed by atoms with Crippen molar-refractivity contribution in [2.24, 2.45) is 0 Å². The van der Waals surface area contributed by atoms with E-state index in [1.165, 1.54) is 66.7 Å². The molecule has 16 rings (SSSR count). The molecule has 2 N–H and O–H groups in total. The van der Waals surface area contributed by atoms with Crippen molar-refractivity contribution in [2.75, 3.05) is 20.4 Å². The highest BCUT2D eigenvalue weighted by atomic mass is 15.2. The van der Waals surface area contributed by atoms with Gasteiger partial charge < -0.3 is 20.4 Å². The number of anilines is 8. The molecule has 0 bridgehead atoms. The Hall–Kier alpha value is -10.3. The molecule has 8 nitrogen and oxygen atoms in total. The summed E-state index contributed by atoms with van der Waals surface area (Å²) < 4.78 is 0. The van der Waals surface area contributed by atoms with Crippen molar-refractivity contribution in [3.8, 4) is 45.0 Å². The van der Waals surface area contributed by atoms with Crippen LogP contribution in [0.2, 0.25) is 0 Å². The molecular formula is C72H58B2N8. The first kappa shape index (κ1) is 51.1. The van der Waals surface area contributed by atoms with Crippen LogP contribution in [0.3, 0.4) is 0 Å². The molecule has 4 aromatic heterocycles. The van der Waals surface area contributed by atoms with Gasteiger partial charge in [0.05, 0.1) is 22.8 Å². The summed E-state index contributed by atoms with van der Waals surface area (Å²) >= 11 is 0. The first-order valence-corrected chi connectivity index (χ1v) is 27.3. The molecule has 0 spiro atoms. The quantitative estimate of drug-likeness (QED) is 0.146. The van der Waals surface area contributed by atoms with E-state index in [0.29, 0.717) is 0 Å². The SMILES string of the molecule is C.C.c1ccc(-c2ccc3c(c2)B2c4cc(-c5ccccn5)ccc4Nc4cccc(c42)N3)nc1.c1ccc(CN2c3ccc(-c4ccccn4)cc3B3c4cc(-c5ccccn5)ccc4N(Cc4ccccc4)c4cccc2c43)cc1. The molecular weight excluding hydrogens is 998 g/mol. The summed E-state index contributed by atoms with van der Waals surface area (Å²) in [6, 6.07) is 86.3. The fraction of sp³-hybridized carbons (Fsp3) is 0.0556. The number of nitrogens with zero attached hydrogens (tertiary/aromatic N) is 6. The Labute approximate surface area is 481 Å². The van der Waals surface area contributed by atoms with Crippen molar-refractivity contribution in [3.63, 3.8) is 0 Å². The molecule has 0 unspecified atom stereocenters. The fourth-order valence-corrected chi connectivity index (χ4v) is 12.4. The van der Waals surface area contributed by atoms with Gasteiger partial charge in [0, 0.05) is 83.4 Å². The van der Waals surface area contributed by atoms with Crippen LogP contribution in [-0.2, 0) is 13.1 Å². The van der Waals surface area contributed by atoms with Crippen LogP contribution >= 0.6 is 0 Å².